The number of allylic oxidation sites excluding steroid dienone is 2. The highest BCUT2D eigenvalue weighted by Gasteiger charge is 2.32. The molecule has 1 aliphatic rings. The van der Waals surface area contributed by atoms with Crippen molar-refractivity contribution in [2.24, 2.45) is 0 Å². The quantitative estimate of drug-likeness (QED) is 0.376. The van der Waals surface area contributed by atoms with Gasteiger partial charge in [0.25, 0.3) is 0 Å². The van der Waals surface area contributed by atoms with Gasteiger partial charge in [-0.2, -0.15) is 0 Å². The molecular weight excluding hydrogens is 436 g/mol. The number of hydrogen-bond donors (Lipinski definition) is 2. The molecule has 0 radical (unpaired) electrons. The molecule has 0 saturated carbocycles. The fourth-order valence-corrected chi connectivity index (χ4v) is 4.11. The van der Waals surface area contributed by atoms with Crippen molar-refractivity contribution in [2.75, 3.05) is 14.2 Å². The highest BCUT2D eigenvalue weighted by atomic mass is 16.5. The van der Waals surface area contributed by atoms with Gasteiger partial charge in [-0.05, 0) is 64.0 Å². The van der Waals surface area contributed by atoms with E-state index in [1.165, 1.54) is 26.4 Å². The number of aromatic hydroxyl groups is 2. The molecule has 0 amide bonds. The number of rotatable bonds is 5. The predicted molar refractivity (Wildman–Crippen MR) is 131 cm³/mol. The smallest absolute Gasteiger partial charge is 0.348 e. The lowest BCUT2D eigenvalue weighted by atomic mass is 9.93. The molecule has 0 fully saturated rings. The monoisotopic (exact) mass is 464 g/mol. The summed E-state index contributed by atoms with van der Waals surface area (Å²) in [5.74, 6) is 0.685. The molecule has 3 aromatic rings. The van der Waals surface area contributed by atoms with Crippen LogP contribution in [0.3, 0.4) is 0 Å². The summed E-state index contributed by atoms with van der Waals surface area (Å²) in [5, 5.41) is 21.9. The Hall–Kier alpha value is -3.87. The molecule has 4 rings (SSSR count). The van der Waals surface area contributed by atoms with Crippen LogP contribution in [0.25, 0.3) is 28.2 Å². The second-order valence-electron chi connectivity index (χ2n) is 8.98. The lowest BCUT2D eigenvalue weighted by molar-refractivity contribution is 0.157. The molecule has 0 unspecified atom stereocenters. The van der Waals surface area contributed by atoms with E-state index in [9.17, 15) is 15.0 Å². The van der Waals surface area contributed by atoms with Gasteiger partial charge < -0.3 is 28.8 Å². The van der Waals surface area contributed by atoms with Crippen LogP contribution < -0.4 is 19.8 Å². The first kappa shape index (κ1) is 23.3. The molecule has 0 saturated heterocycles. The highest BCUT2D eigenvalue weighted by molar-refractivity contribution is 6.02. The van der Waals surface area contributed by atoms with Crippen LogP contribution in [0.5, 0.6) is 28.7 Å². The minimum atomic E-state index is -0.755. The first-order valence-electron chi connectivity index (χ1n) is 10.9. The van der Waals surface area contributed by atoms with Crippen molar-refractivity contribution in [1.82, 2.24) is 0 Å². The summed E-state index contributed by atoms with van der Waals surface area (Å²) >= 11 is 0. The lowest BCUT2D eigenvalue weighted by Gasteiger charge is -2.31. The summed E-state index contributed by atoms with van der Waals surface area (Å²) in [6.45, 7) is 7.85. The molecule has 0 aliphatic carbocycles. The molecule has 2 heterocycles. The van der Waals surface area contributed by atoms with Crippen molar-refractivity contribution in [3.05, 3.63) is 57.5 Å². The SMILES string of the molecule is COc1ccc(-c2c(O)c3c(OC)c(CC=C(C)C)c4c(c3oc2=O)C=CC(C)(C)O4)cc1O. The third-order valence-electron chi connectivity index (χ3n) is 5.77. The van der Waals surface area contributed by atoms with E-state index in [1.807, 2.05) is 45.9 Å². The van der Waals surface area contributed by atoms with Gasteiger partial charge in [-0.25, -0.2) is 4.79 Å². The van der Waals surface area contributed by atoms with E-state index in [0.717, 1.165) is 11.1 Å². The number of benzene rings is 2. The van der Waals surface area contributed by atoms with Gasteiger partial charge in [-0.15, -0.1) is 0 Å². The third-order valence-corrected chi connectivity index (χ3v) is 5.77. The Morgan fingerprint density at radius 3 is 2.50 bits per heavy atom. The van der Waals surface area contributed by atoms with Gasteiger partial charge in [0.05, 0.1) is 19.8 Å². The molecule has 0 spiro atoms. The van der Waals surface area contributed by atoms with Crippen molar-refractivity contribution < 1.29 is 28.8 Å². The van der Waals surface area contributed by atoms with Crippen LogP contribution in [-0.2, 0) is 6.42 Å². The molecule has 178 valence electrons. The summed E-state index contributed by atoms with van der Waals surface area (Å²) in [4.78, 5) is 13.1. The molecule has 7 nitrogen and oxygen atoms in total. The fraction of sp³-hybridized carbons (Fsp3) is 0.296. The van der Waals surface area contributed by atoms with Gasteiger partial charge in [0.2, 0.25) is 0 Å². The Morgan fingerprint density at radius 1 is 1.15 bits per heavy atom. The molecular formula is C27H28O7. The van der Waals surface area contributed by atoms with Gasteiger partial charge in [0.1, 0.15) is 33.8 Å². The van der Waals surface area contributed by atoms with Crippen molar-refractivity contribution >= 4 is 17.0 Å². The van der Waals surface area contributed by atoms with Crippen molar-refractivity contribution in [2.45, 2.75) is 39.7 Å². The standard InChI is InChI=1S/C27H28O7/c1-14(2)7-9-16-23-17(11-12-27(3,4)34-23)25-21(24(16)32-6)22(29)20(26(30)33-25)15-8-10-19(31-5)18(28)13-15/h7-8,10-13,28-29H,9H2,1-6H3. The van der Waals surface area contributed by atoms with Crippen LogP contribution in [-0.4, -0.2) is 30.0 Å². The zero-order valence-electron chi connectivity index (χ0n) is 20.1. The lowest BCUT2D eigenvalue weighted by Crippen LogP contribution is -2.28. The number of fused-ring (bicyclic) bond motifs is 3. The van der Waals surface area contributed by atoms with E-state index >= 15 is 0 Å². The van der Waals surface area contributed by atoms with E-state index in [0.29, 0.717) is 23.5 Å². The van der Waals surface area contributed by atoms with Crippen LogP contribution in [0.4, 0.5) is 0 Å². The van der Waals surface area contributed by atoms with Crippen LogP contribution in [0.15, 0.2) is 45.1 Å². The minimum Gasteiger partial charge on any atom is -0.506 e. The first-order chi connectivity index (χ1) is 16.1. The summed E-state index contributed by atoms with van der Waals surface area (Å²) < 4.78 is 22.9. The number of ether oxygens (including phenoxy) is 3. The molecule has 2 N–H and O–H groups in total. The van der Waals surface area contributed by atoms with E-state index in [1.54, 1.807) is 6.07 Å². The maximum atomic E-state index is 13.1. The van der Waals surface area contributed by atoms with Gasteiger partial charge in [0, 0.05) is 5.56 Å². The number of hydrogen-bond acceptors (Lipinski definition) is 7. The Bertz CT molecular complexity index is 1400. The number of phenolic OH excluding ortho intramolecular Hbond substituents is 1. The van der Waals surface area contributed by atoms with Crippen molar-refractivity contribution in [3.8, 4) is 39.9 Å². The highest BCUT2D eigenvalue weighted by Crippen LogP contribution is 2.49. The summed E-state index contributed by atoms with van der Waals surface area (Å²) in [6, 6.07) is 4.42. The molecule has 0 atom stereocenters. The van der Waals surface area contributed by atoms with E-state index in [4.69, 9.17) is 18.6 Å². The van der Waals surface area contributed by atoms with Gasteiger partial charge in [-0.1, -0.05) is 17.7 Å². The minimum absolute atomic E-state index is 0.0853. The molecule has 1 aliphatic heterocycles. The number of phenols is 1. The largest absolute Gasteiger partial charge is 0.506 e. The van der Waals surface area contributed by atoms with Gasteiger partial charge in [-0.3, -0.25) is 0 Å². The first-order valence-corrected chi connectivity index (χ1v) is 10.9. The maximum Gasteiger partial charge on any atom is 0.348 e. The van der Waals surface area contributed by atoms with E-state index in [-0.39, 0.29) is 39.3 Å². The Morgan fingerprint density at radius 2 is 1.88 bits per heavy atom. The third kappa shape index (κ3) is 3.87. The Balaban J connectivity index is 2.11. The average molecular weight is 465 g/mol. The molecule has 1 aromatic heterocycles. The van der Waals surface area contributed by atoms with Gasteiger partial charge in [0.15, 0.2) is 17.1 Å². The molecule has 0 bridgehead atoms. The van der Waals surface area contributed by atoms with Crippen LogP contribution >= 0.6 is 0 Å². The number of methoxy groups -OCH3 is 2. The Kier molecular flexibility index (Phi) is 5.81. The summed E-state index contributed by atoms with van der Waals surface area (Å²) in [5.41, 5.74) is 1.44. The average Bonchev–Trinajstić information content (AvgIpc) is 2.76. The molecule has 2 aromatic carbocycles. The van der Waals surface area contributed by atoms with Crippen molar-refractivity contribution in [1.29, 1.82) is 0 Å². The Labute approximate surface area is 197 Å². The second-order valence-corrected chi connectivity index (χ2v) is 8.98. The normalized spacial score (nSPS) is 13.8. The second kappa shape index (κ2) is 8.48. The van der Waals surface area contributed by atoms with Crippen LogP contribution in [0.1, 0.15) is 38.8 Å². The van der Waals surface area contributed by atoms with E-state index in [2.05, 4.69) is 0 Å². The topological polar surface area (TPSA) is 98.4 Å². The summed E-state index contributed by atoms with van der Waals surface area (Å²) in [6.07, 6.45) is 6.24. The van der Waals surface area contributed by atoms with Crippen LogP contribution in [0, 0.1) is 0 Å². The zero-order valence-corrected chi connectivity index (χ0v) is 20.1. The predicted octanol–water partition coefficient (Wildman–Crippen LogP) is 5.58. The van der Waals surface area contributed by atoms with E-state index < -0.39 is 11.2 Å². The fourth-order valence-electron chi connectivity index (χ4n) is 4.11. The molecule has 34 heavy (non-hydrogen) atoms. The molecule has 7 heteroatoms. The van der Waals surface area contributed by atoms with Crippen LogP contribution in [0.2, 0.25) is 0 Å². The van der Waals surface area contributed by atoms with Crippen molar-refractivity contribution in [3.63, 3.8) is 0 Å². The maximum absolute atomic E-state index is 13.1. The zero-order chi connectivity index (χ0) is 24.8. The van der Waals surface area contributed by atoms with Gasteiger partial charge >= 0.3 is 5.63 Å². The summed E-state index contributed by atoms with van der Waals surface area (Å²) in [7, 11) is 2.93.